The summed E-state index contributed by atoms with van der Waals surface area (Å²) in [4.78, 5) is 23.1. The van der Waals surface area contributed by atoms with Crippen LogP contribution in [0.5, 0.6) is 0 Å². The number of carbonyl (C=O) groups excluding carboxylic acids is 2. The first-order valence-corrected chi connectivity index (χ1v) is 6.97. The fourth-order valence-corrected chi connectivity index (χ4v) is 1.75. The summed E-state index contributed by atoms with van der Waals surface area (Å²) in [5.74, 6) is -0.0100. The van der Waals surface area contributed by atoms with Crippen molar-refractivity contribution in [3.8, 4) is 0 Å². The van der Waals surface area contributed by atoms with E-state index in [9.17, 15) is 9.59 Å². The van der Waals surface area contributed by atoms with Gasteiger partial charge in [0.05, 0.1) is 12.8 Å². The van der Waals surface area contributed by atoms with E-state index in [1.54, 1.807) is 0 Å². The van der Waals surface area contributed by atoms with Crippen LogP contribution in [-0.4, -0.2) is 31.4 Å². The zero-order chi connectivity index (χ0) is 14.8. The lowest BCUT2D eigenvalue weighted by atomic mass is 10.1. The van der Waals surface area contributed by atoms with Crippen LogP contribution in [0.25, 0.3) is 0 Å². The monoisotopic (exact) mass is 277 g/mol. The highest BCUT2D eigenvalue weighted by atomic mass is 16.2. The van der Waals surface area contributed by atoms with Gasteiger partial charge in [-0.1, -0.05) is 31.2 Å². The van der Waals surface area contributed by atoms with Crippen molar-refractivity contribution in [1.29, 1.82) is 0 Å². The number of nitrogens with two attached hydrogens (primary N) is 1. The van der Waals surface area contributed by atoms with Gasteiger partial charge in [-0.05, 0) is 17.5 Å². The first kappa shape index (κ1) is 16.2. The summed E-state index contributed by atoms with van der Waals surface area (Å²) in [5, 5.41) is 5.56. The van der Waals surface area contributed by atoms with E-state index in [2.05, 4.69) is 10.6 Å². The van der Waals surface area contributed by atoms with Gasteiger partial charge in [0.1, 0.15) is 0 Å². The van der Waals surface area contributed by atoms with Gasteiger partial charge in [0.2, 0.25) is 11.8 Å². The molecule has 1 aromatic carbocycles. The fourth-order valence-electron chi connectivity index (χ4n) is 1.75. The molecular formula is C15H23N3O2. The van der Waals surface area contributed by atoms with Gasteiger partial charge in [-0.2, -0.15) is 0 Å². The van der Waals surface area contributed by atoms with Crippen molar-refractivity contribution < 1.29 is 9.59 Å². The zero-order valence-electron chi connectivity index (χ0n) is 11.9. The van der Waals surface area contributed by atoms with Gasteiger partial charge >= 0.3 is 0 Å². The van der Waals surface area contributed by atoms with Crippen molar-refractivity contribution in [3.05, 3.63) is 35.4 Å². The molecule has 110 valence electrons. The molecule has 5 nitrogen and oxygen atoms in total. The van der Waals surface area contributed by atoms with Crippen LogP contribution >= 0.6 is 0 Å². The van der Waals surface area contributed by atoms with Gasteiger partial charge in [-0.25, -0.2) is 0 Å². The Hall–Kier alpha value is -1.88. The third kappa shape index (κ3) is 6.33. The van der Waals surface area contributed by atoms with E-state index >= 15 is 0 Å². The Labute approximate surface area is 119 Å². The van der Waals surface area contributed by atoms with Crippen molar-refractivity contribution in [1.82, 2.24) is 10.6 Å². The van der Waals surface area contributed by atoms with E-state index < -0.39 is 0 Å². The van der Waals surface area contributed by atoms with Crippen molar-refractivity contribution in [2.45, 2.75) is 26.2 Å². The molecule has 2 amide bonds. The Morgan fingerprint density at radius 3 is 1.80 bits per heavy atom. The zero-order valence-corrected chi connectivity index (χ0v) is 11.9. The molecule has 1 rings (SSSR count). The summed E-state index contributed by atoms with van der Waals surface area (Å²) < 4.78 is 0. The number of benzene rings is 1. The fraction of sp³-hybridized carbons (Fsp3) is 0.467. The Morgan fingerprint density at radius 2 is 1.40 bits per heavy atom. The summed E-state index contributed by atoms with van der Waals surface area (Å²) >= 11 is 0. The molecular weight excluding hydrogens is 254 g/mol. The van der Waals surface area contributed by atoms with Crippen LogP contribution in [0.4, 0.5) is 0 Å². The van der Waals surface area contributed by atoms with Crippen LogP contribution in [-0.2, 0) is 22.4 Å². The molecule has 0 heterocycles. The molecule has 20 heavy (non-hydrogen) atoms. The molecule has 0 spiro atoms. The number of rotatable bonds is 8. The van der Waals surface area contributed by atoms with Crippen LogP contribution in [0.1, 0.15) is 24.5 Å². The standard InChI is InChI=1S/C15H23N3O2/c1-2-8-17-14(19)10-12-3-5-13(6-4-12)11-15(20)18-9-7-16/h3-6H,2,7-11,16H2,1H3,(H,17,19)(H,18,20). The average molecular weight is 277 g/mol. The van der Waals surface area contributed by atoms with E-state index in [1.807, 2.05) is 31.2 Å². The third-order valence-corrected chi connectivity index (χ3v) is 2.79. The van der Waals surface area contributed by atoms with Gasteiger partial charge in [-0.15, -0.1) is 0 Å². The molecule has 0 aromatic heterocycles. The van der Waals surface area contributed by atoms with Crippen LogP contribution < -0.4 is 16.4 Å². The summed E-state index contributed by atoms with van der Waals surface area (Å²) in [5.41, 5.74) is 7.20. The highest BCUT2D eigenvalue weighted by Gasteiger charge is 2.05. The van der Waals surface area contributed by atoms with E-state index in [0.717, 1.165) is 17.5 Å². The Bertz CT molecular complexity index is 388. The second-order valence-corrected chi connectivity index (χ2v) is 4.66. The molecule has 0 aliphatic carbocycles. The minimum Gasteiger partial charge on any atom is -0.356 e. The quantitative estimate of drug-likeness (QED) is 0.642. The molecule has 0 unspecified atom stereocenters. The van der Waals surface area contributed by atoms with E-state index in [1.165, 1.54) is 0 Å². The normalized spacial score (nSPS) is 10.1. The molecule has 0 fully saturated rings. The SMILES string of the molecule is CCCNC(=O)Cc1ccc(CC(=O)NCCN)cc1. The molecule has 0 aliphatic heterocycles. The highest BCUT2D eigenvalue weighted by Crippen LogP contribution is 2.06. The molecule has 1 aromatic rings. The smallest absolute Gasteiger partial charge is 0.224 e. The Kier molecular flexibility index (Phi) is 7.35. The maximum atomic E-state index is 11.6. The largest absolute Gasteiger partial charge is 0.356 e. The van der Waals surface area contributed by atoms with Crippen LogP contribution in [0.15, 0.2) is 24.3 Å². The first-order chi connectivity index (χ1) is 9.65. The van der Waals surface area contributed by atoms with E-state index in [-0.39, 0.29) is 11.8 Å². The van der Waals surface area contributed by atoms with Gasteiger partial charge in [-0.3, -0.25) is 9.59 Å². The molecule has 0 bridgehead atoms. The van der Waals surface area contributed by atoms with E-state index in [0.29, 0.717) is 32.5 Å². The van der Waals surface area contributed by atoms with Crippen LogP contribution in [0.3, 0.4) is 0 Å². The summed E-state index contributed by atoms with van der Waals surface area (Å²) in [6, 6.07) is 7.53. The molecule has 0 saturated carbocycles. The molecule has 4 N–H and O–H groups in total. The highest BCUT2D eigenvalue weighted by molar-refractivity contribution is 5.79. The lowest BCUT2D eigenvalue weighted by molar-refractivity contribution is -0.121. The molecule has 0 radical (unpaired) electrons. The lowest BCUT2D eigenvalue weighted by Crippen LogP contribution is -2.30. The summed E-state index contributed by atoms with van der Waals surface area (Å²) in [7, 11) is 0. The number of nitrogens with one attached hydrogen (secondary N) is 2. The topological polar surface area (TPSA) is 84.2 Å². The van der Waals surface area contributed by atoms with Crippen LogP contribution in [0.2, 0.25) is 0 Å². The Balaban J connectivity index is 2.43. The van der Waals surface area contributed by atoms with Crippen molar-refractivity contribution in [2.24, 2.45) is 5.73 Å². The number of hydrogen-bond donors (Lipinski definition) is 3. The maximum absolute atomic E-state index is 11.6. The number of carbonyl (C=O) groups is 2. The minimum atomic E-state index is -0.0381. The number of amides is 2. The van der Waals surface area contributed by atoms with Crippen molar-refractivity contribution in [3.63, 3.8) is 0 Å². The van der Waals surface area contributed by atoms with Crippen LogP contribution in [0, 0.1) is 0 Å². The summed E-state index contributed by atoms with van der Waals surface area (Å²) in [6.45, 7) is 3.66. The van der Waals surface area contributed by atoms with E-state index in [4.69, 9.17) is 5.73 Å². The molecule has 5 heteroatoms. The van der Waals surface area contributed by atoms with Crippen molar-refractivity contribution >= 4 is 11.8 Å². The summed E-state index contributed by atoms with van der Waals surface area (Å²) in [6.07, 6.45) is 1.64. The molecule has 0 aliphatic rings. The van der Waals surface area contributed by atoms with Crippen molar-refractivity contribution in [2.75, 3.05) is 19.6 Å². The van der Waals surface area contributed by atoms with Gasteiger partial charge < -0.3 is 16.4 Å². The van der Waals surface area contributed by atoms with Gasteiger partial charge in [0.25, 0.3) is 0 Å². The third-order valence-electron chi connectivity index (χ3n) is 2.79. The Morgan fingerprint density at radius 1 is 0.950 bits per heavy atom. The first-order valence-electron chi connectivity index (χ1n) is 6.97. The maximum Gasteiger partial charge on any atom is 0.224 e. The predicted molar refractivity (Wildman–Crippen MR) is 79.2 cm³/mol. The molecule has 0 saturated heterocycles. The second kappa shape index (κ2) is 9.09. The number of hydrogen-bond acceptors (Lipinski definition) is 3. The predicted octanol–water partition coefficient (Wildman–Crippen LogP) is 0.373. The van der Waals surface area contributed by atoms with Gasteiger partial charge in [0.15, 0.2) is 0 Å². The second-order valence-electron chi connectivity index (χ2n) is 4.66. The lowest BCUT2D eigenvalue weighted by Gasteiger charge is -2.06. The molecule has 0 atom stereocenters. The van der Waals surface area contributed by atoms with Gasteiger partial charge in [0, 0.05) is 19.6 Å². The minimum absolute atomic E-state index is 0.0280. The average Bonchev–Trinajstić information content (AvgIpc) is 2.45.